The molecule has 21 heavy (non-hydrogen) atoms. The smallest absolute Gasteiger partial charge is 0.258 e. The second-order valence-electron chi connectivity index (χ2n) is 4.11. The number of rotatable bonds is 3. The maximum absolute atomic E-state index is 13.5. The Kier molecular flexibility index (Phi) is 4.23. The maximum Gasteiger partial charge on any atom is 0.258 e. The molecule has 0 unspecified atom stereocenters. The van der Waals surface area contributed by atoms with Crippen LogP contribution in [0.5, 0.6) is 0 Å². The van der Waals surface area contributed by atoms with E-state index in [4.69, 9.17) is 18.0 Å². The van der Waals surface area contributed by atoms with E-state index in [0.717, 1.165) is 24.3 Å². The second kappa shape index (κ2) is 5.92. The lowest BCUT2D eigenvalue weighted by atomic mass is 10.1. The van der Waals surface area contributed by atoms with Gasteiger partial charge in [-0.2, -0.15) is 0 Å². The normalized spacial score (nSPS) is 10.2. The van der Waals surface area contributed by atoms with Gasteiger partial charge in [0.2, 0.25) is 0 Å². The van der Waals surface area contributed by atoms with Gasteiger partial charge < -0.3 is 11.1 Å². The fraction of sp³-hybridized carbons (Fsp3) is 0. The Labute approximate surface area is 123 Å². The van der Waals surface area contributed by atoms with Crippen LogP contribution in [0.3, 0.4) is 0 Å². The molecule has 0 bridgehead atoms. The zero-order chi connectivity index (χ0) is 15.6. The van der Waals surface area contributed by atoms with E-state index in [2.05, 4.69) is 5.32 Å². The number of carbonyl (C=O) groups is 1. The fourth-order valence-corrected chi connectivity index (χ4v) is 1.87. The van der Waals surface area contributed by atoms with Crippen LogP contribution in [0.25, 0.3) is 0 Å². The quantitative estimate of drug-likeness (QED) is 0.857. The summed E-state index contributed by atoms with van der Waals surface area (Å²) in [4.78, 5) is 11.8. The summed E-state index contributed by atoms with van der Waals surface area (Å²) < 4.78 is 39.8. The largest absolute Gasteiger partial charge is 0.389 e. The Morgan fingerprint density at radius 3 is 2.48 bits per heavy atom. The van der Waals surface area contributed by atoms with Gasteiger partial charge in [-0.25, -0.2) is 13.2 Å². The average molecular weight is 310 g/mol. The van der Waals surface area contributed by atoms with Crippen molar-refractivity contribution in [3.8, 4) is 0 Å². The molecule has 0 atom stereocenters. The lowest BCUT2D eigenvalue weighted by Crippen LogP contribution is -2.19. The van der Waals surface area contributed by atoms with E-state index in [1.807, 2.05) is 0 Å². The standard InChI is InChI=1S/C14H9F3N2OS/c15-7-4-5-11(9(6-7)13(18)21)19-14(20)8-2-1-3-10(16)12(8)17/h1-6H,(H2,18,21)(H,19,20). The van der Waals surface area contributed by atoms with Crippen molar-refractivity contribution in [1.82, 2.24) is 0 Å². The first-order valence-electron chi connectivity index (χ1n) is 5.75. The van der Waals surface area contributed by atoms with Crippen LogP contribution in [0.4, 0.5) is 18.9 Å². The van der Waals surface area contributed by atoms with Crippen LogP contribution < -0.4 is 11.1 Å². The molecule has 3 N–H and O–H groups in total. The predicted molar refractivity (Wildman–Crippen MR) is 76.6 cm³/mol. The summed E-state index contributed by atoms with van der Waals surface area (Å²) in [5, 5.41) is 2.32. The molecule has 0 heterocycles. The number of carbonyl (C=O) groups excluding carboxylic acids is 1. The molecule has 2 aromatic carbocycles. The van der Waals surface area contributed by atoms with Crippen molar-refractivity contribution >= 4 is 28.8 Å². The monoisotopic (exact) mass is 310 g/mol. The molecule has 0 aliphatic heterocycles. The van der Waals surface area contributed by atoms with E-state index in [0.29, 0.717) is 0 Å². The number of benzene rings is 2. The van der Waals surface area contributed by atoms with E-state index in [-0.39, 0.29) is 16.2 Å². The Morgan fingerprint density at radius 2 is 1.81 bits per heavy atom. The highest BCUT2D eigenvalue weighted by Gasteiger charge is 2.17. The van der Waals surface area contributed by atoms with E-state index < -0.39 is 28.9 Å². The van der Waals surface area contributed by atoms with Gasteiger partial charge in [0.25, 0.3) is 5.91 Å². The topological polar surface area (TPSA) is 55.1 Å². The van der Waals surface area contributed by atoms with E-state index in [1.165, 1.54) is 12.1 Å². The zero-order valence-corrected chi connectivity index (χ0v) is 11.3. The molecule has 108 valence electrons. The number of nitrogens with two attached hydrogens (primary N) is 1. The van der Waals surface area contributed by atoms with Gasteiger partial charge in [-0.05, 0) is 30.3 Å². The molecule has 0 aliphatic carbocycles. The Bertz CT molecular complexity index is 734. The summed E-state index contributed by atoms with van der Waals surface area (Å²) in [6.45, 7) is 0. The molecule has 0 radical (unpaired) electrons. The van der Waals surface area contributed by atoms with Gasteiger partial charge in [0.15, 0.2) is 11.6 Å². The molecule has 2 rings (SSSR count). The summed E-state index contributed by atoms with van der Waals surface area (Å²) in [5.74, 6) is -3.89. The lowest BCUT2D eigenvalue weighted by Gasteiger charge is -2.11. The third-order valence-corrected chi connectivity index (χ3v) is 2.91. The van der Waals surface area contributed by atoms with Crippen molar-refractivity contribution in [3.63, 3.8) is 0 Å². The number of hydrogen-bond donors (Lipinski definition) is 2. The van der Waals surface area contributed by atoms with Gasteiger partial charge in [-0.15, -0.1) is 0 Å². The third kappa shape index (κ3) is 3.19. The Hall–Kier alpha value is -2.41. The first-order valence-corrected chi connectivity index (χ1v) is 6.15. The summed E-state index contributed by atoms with van der Waals surface area (Å²) in [6, 6.07) is 6.58. The van der Waals surface area contributed by atoms with Gasteiger partial charge in [0.05, 0.1) is 11.3 Å². The minimum absolute atomic E-state index is 0.0927. The van der Waals surface area contributed by atoms with Crippen LogP contribution in [0.15, 0.2) is 36.4 Å². The van der Waals surface area contributed by atoms with Crippen molar-refractivity contribution in [1.29, 1.82) is 0 Å². The van der Waals surface area contributed by atoms with E-state index in [1.54, 1.807) is 0 Å². The summed E-state index contributed by atoms with van der Waals surface area (Å²) in [5.41, 5.74) is 5.15. The number of nitrogens with one attached hydrogen (secondary N) is 1. The molecule has 3 nitrogen and oxygen atoms in total. The highest BCUT2D eigenvalue weighted by molar-refractivity contribution is 7.80. The fourth-order valence-electron chi connectivity index (χ4n) is 1.70. The van der Waals surface area contributed by atoms with Gasteiger partial charge >= 0.3 is 0 Å². The van der Waals surface area contributed by atoms with Crippen LogP contribution >= 0.6 is 12.2 Å². The van der Waals surface area contributed by atoms with Gasteiger partial charge in [0, 0.05) is 5.56 Å². The Morgan fingerprint density at radius 1 is 1.10 bits per heavy atom. The molecule has 7 heteroatoms. The van der Waals surface area contributed by atoms with Gasteiger partial charge in [0.1, 0.15) is 10.8 Å². The number of thiocarbonyl (C=S) groups is 1. The maximum atomic E-state index is 13.5. The molecule has 0 aliphatic rings. The summed E-state index contributed by atoms with van der Waals surface area (Å²) in [7, 11) is 0. The number of anilines is 1. The Balaban J connectivity index is 2.36. The molecule has 2 aromatic rings. The lowest BCUT2D eigenvalue weighted by molar-refractivity contribution is 0.102. The SMILES string of the molecule is NC(=S)c1cc(F)ccc1NC(=O)c1cccc(F)c1F. The van der Waals surface area contributed by atoms with Gasteiger partial charge in [-0.3, -0.25) is 4.79 Å². The number of halogens is 3. The second-order valence-corrected chi connectivity index (χ2v) is 4.55. The van der Waals surface area contributed by atoms with Crippen LogP contribution in [0.2, 0.25) is 0 Å². The molecule has 0 saturated heterocycles. The van der Waals surface area contributed by atoms with Crippen molar-refractivity contribution in [2.75, 3.05) is 5.32 Å². The van der Waals surface area contributed by atoms with Crippen molar-refractivity contribution < 1.29 is 18.0 Å². The minimum Gasteiger partial charge on any atom is -0.389 e. The van der Waals surface area contributed by atoms with Crippen LogP contribution in [0.1, 0.15) is 15.9 Å². The van der Waals surface area contributed by atoms with Gasteiger partial charge in [-0.1, -0.05) is 18.3 Å². The molecular formula is C14H9F3N2OS. The zero-order valence-electron chi connectivity index (χ0n) is 10.5. The molecule has 0 saturated carbocycles. The highest BCUT2D eigenvalue weighted by Crippen LogP contribution is 2.19. The predicted octanol–water partition coefficient (Wildman–Crippen LogP) is 2.99. The van der Waals surface area contributed by atoms with Crippen LogP contribution in [-0.2, 0) is 0 Å². The number of hydrogen-bond acceptors (Lipinski definition) is 2. The number of amides is 1. The molecular weight excluding hydrogens is 301 g/mol. The van der Waals surface area contributed by atoms with Crippen molar-refractivity contribution in [3.05, 3.63) is 65.0 Å². The van der Waals surface area contributed by atoms with Crippen molar-refractivity contribution in [2.45, 2.75) is 0 Å². The first-order chi connectivity index (χ1) is 9.90. The third-order valence-electron chi connectivity index (χ3n) is 2.69. The highest BCUT2D eigenvalue weighted by atomic mass is 32.1. The molecule has 1 amide bonds. The van der Waals surface area contributed by atoms with Crippen LogP contribution in [0, 0.1) is 17.5 Å². The molecule has 0 spiro atoms. The average Bonchev–Trinajstić information content (AvgIpc) is 2.43. The summed E-state index contributed by atoms with van der Waals surface area (Å²) >= 11 is 4.75. The summed E-state index contributed by atoms with van der Waals surface area (Å²) in [6.07, 6.45) is 0. The van der Waals surface area contributed by atoms with Crippen LogP contribution in [-0.4, -0.2) is 10.9 Å². The first kappa shape index (κ1) is 15.0. The van der Waals surface area contributed by atoms with Crippen molar-refractivity contribution in [2.24, 2.45) is 5.73 Å². The minimum atomic E-state index is -1.27. The van der Waals surface area contributed by atoms with E-state index in [9.17, 15) is 18.0 Å². The molecule has 0 aromatic heterocycles. The molecule has 0 fully saturated rings. The van der Waals surface area contributed by atoms with E-state index >= 15 is 0 Å².